The highest BCUT2D eigenvalue weighted by atomic mass is 16.5. The van der Waals surface area contributed by atoms with Crippen LogP contribution in [-0.2, 0) is 4.74 Å². The normalized spacial score (nSPS) is 12.9. The van der Waals surface area contributed by atoms with E-state index in [1.54, 1.807) is 0 Å². The first kappa shape index (κ1) is 26.7. The smallest absolute Gasteiger partial charge is 0.0466 e. The van der Waals surface area contributed by atoms with Crippen molar-refractivity contribution in [1.82, 2.24) is 0 Å². The minimum absolute atomic E-state index is 0.936. The van der Waals surface area contributed by atoms with Gasteiger partial charge in [0.2, 0.25) is 0 Å². The monoisotopic (exact) mass is 380 g/mol. The summed E-state index contributed by atoms with van der Waals surface area (Å²) in [6.07, 6.45) is 29.3. The predicted octanol–water partition coefficient (Wildman–Crippen LogP) is 9.26. The molecule has 0 rings (SSSR count). The lowest BCUT2D eigenvalue weighted by molar-refractivity contribution is 0.125. The summed E-state index contributed by atoms with van der Waals surface area (Å²) >= 11 is 0. The van der Waals surface area contributed by atoms with Gasteiger partial charge < -0.3 is 4.74 Å². The minimum atomic E-state index is 0.936. The van der Waals surface area contributed by atoms with Crippen LogP contribution < -0.4 is 0 Å². The third kappa shape index (κ3) is 23.7. The molecule has 0 fully saturated rings. The molecular formula is C26H52O. The van der Waals surface area contributed by atoms with Crippen molar-refractivity contribution in [2.45, 2.75) is 136 Å². The van der Waals surface area contributed by atoms with Gasteiger partial charge in [-0.05, 0) is 38.5 Å². The van der Waals surface area contributed by atoms with E-state index in [0.29, 0.717) is 0 Å². The van der Waals surface area contributed by atoms with Gasteiger partial charge in [-0.15, -0.1) is 0 Å². The molecule has 0 N–H and O–H groups in total. The first-order valence-electron chi connectivity index (χ1n) is 12.5. The third-order valence-corrected chi connectivity index (χ3v) is 5.68. The molecule has 0 aliphatic rings. The molecule has 0 aromatic heterocycles. The van der Waals surface area contributed by atoms with E-state index in [1.807, 2.05) is 0 Å². The van der Waals surface area contributed by atoms with E-state index in [4.69, 9.17) is 4.74 Å². The summed E-state index contributed by atoms with van der Waals surface area (Å²) in [7, 11) is 0. The Morgan fingerprint density at radius 3 is 1.67 bits per heavy atom. The number of allylic oxidation sites excluding steroid dienone is 2. The summed E-state index contributed by atoms with van der Waals surface area (Å²) in [6, 6.07) is 0. The zero-order valence-electron chi connectivity index (χ0n) is 19.3. The van der Waals surface area contributed by atoms with E-state index in [1.165, 1.54) is 116 Å². The van der Waals surface area contributed by atoms with Gasteiger partial charge >= 0.3 is 0 Å². The number of ether oxygens (including phenoxy) is 1. The Labute approximate surface area is 172 Å². The van der Waals surface area contributed by atoms with Crippen LogP contribution in [0.15, 0.2) is 12.2 Å². The number of rotatable bonds is 22. The van der Waals surface area contributed by atoms with E-state index < -0.39 is 0 Å². The van der Waals surface area contributed by atoms with Gasteiger partial charge in [-0.2, -0.15) is 0 Å². The van der Waals surface area contributed by atoms with Crippen LogP contribution in [0.4, 0.5) is 0 Å². The second kappa shape index (κ2) is 23.7. The molecule has 1 atom stereocenters. The maximum absolute atomic E-state index is 5.80. The summed E-state index contributed by atoms with van der Waals surface area (Å²) in [5, 5.41) is 0. The Hall–Kier alpha value is -0.300. The van der Waals surface area contributed by atoms with Crippen molar-refractivity contribution in [3.63, 3.8) is 0 Å². The Morgan fingerprint density at radius 2 is 1.11 bits per heavy atom. The van der Waals surface area contributed by atoms with Gasteiger partial charge in [0.15, 0.2) is 0 Å². The number of unbranched alkanes of at least 4 members (excludes halogenated alkanes) is 13. The molecular weight excluding hydrogens is 328 g/mol. The van der Waals surface area contributed by atoms with Gasteiger partial charge in [-0.1, -0.05) is 116 Å². The van der Waals surface area contributed by atoms with Crippen molar-refractivity contribution >= 4 is 0 Å². The standard InChI is InChI=1S/C26H52O/c1-4-6-8-10-11-12-13-16-20-24-27-25-21-17-15-19-23-26(3)22-18-14-9-7-5-2/h4,6,26H,5,7-25H2,1-3H3. The molecule has 0 radical (unpaired) electrons. The van der Waals surface area contributed by atoms with Crippen molar-refractivity contribution in [3.8, 4) is 0 Å². The molecule has 0 aliphatic carbocycles. The molecule has 0 amide bonds. The first-order chi connectivity index (χ1) is 13.3. The minimum Gasteiger partial charge on any atom is -0.381 e. The van der Waals surface area contributed by atoms with Gasteiger partial charge in [0, 0.05) is 13.2 Å². The Bertz CT molecular complexity index is 284. The van der Waals surface area contributed by atoms with Crippen LogP contribution in [0.2, 0.25) is 0 Å². The maximum Gasteiger partial charge on any atom is 0.0466 e. The van der Waals surface area contributed by atoms with Gasteiger partial charge in [-0.3, -0.25) is 0 Å². The highest BCUT2D eigenvalue weighted by molar-refractivity contribution is 4.76. The summed E-state index contributed by atoms with van der Waals surface area (Å²) in [5.74, 6) is 0.936. The SMILES string of the molecule is CC=CCCCCCCCCOCCCCCCC(C)CCCCCCC. The zero-order chi connectivity index (χ0) is 19.8. The molecule has 27 heavy (non-hydrogen) atoms. The van der Waals surface area contributed by atoms with Crippen molar-refractivity contribution in [3.05, 3.63) is 12.2 Å². The second-order valence-electron chi connectivity index (χ2n) is 8.60. The molecule has 1 heteroatoms. The summed E-state index contributed by atoms with van der Waals surface area (Å²) in [5.41, 5.74) is 0. The molecule has 0 saturated carbocycles. The number of hydrogen-bond donors (Lipinski definition) is 0. The van der Waals surface area contributed by atoms with Crippen LogP contribution in [0.3, 0.4) is 0 Å². The highest BCUT2D eigenvalue weighted by Gasteiger charge is 2.02. The largest absolute Gasteiger partial charge is 0.381 e. The van der Waals surface area contributed by atoms with Gasteiger partial charge in [0.05, 0.1) is 0 Å². The molecule has 162 valence electrons. The van der Waals surface area contributed by atoms with Crippen LogP contribution in [0.5, 0.6) is 0 Å². The maximum atomic E-state index is 5.80. The molecule has 0 saturated heterocycles. The molecule has 0 aliphatic heterocycles. The van der Waals surface area contributed by atoms with Crippen molar-refractivity contribution in [1.29, 1.82) is 0 Å². The Morgan fingerprint density at radius 1 is 0.630 bits per heavy atom. The van der Waals surface area contributed by atoms with Crippen molar-refractivity contribution in [2.24, 2.45) is 5.92 Å². The molecule has 1 unspecified atom stereocenters. The zero-order valence-corrected chi connectivity index (χ0v) is 19.3. The molecule has 0 aromatic rings. The first-order valence-corrected chi connectivity index (χ1v) is 12.5. The lowest BCUT2D eigenvalue weighted by atomic mass is 9.96. The fourth-order valence-corrected chi connectivity index (χ4v) is 3.73. The summed E-state index contributed by atoms with van der Waals surface area (Å²) in [4.78, 5) is 0. The van der Waals surface area contributed by atoms with Gasteiger partial charge in [0.1, 0.15) is 0 Å². The van der Waals surface area contributed by atoms with Gasteiger partial charge in [-0.25, -0.2) is 0 Å². The molecule has 0 aromatic carbocycles. The molecule has 0 bridgehead atoms. The molecule has 0 heterocycles. The fraction of sp³-hybridized carbons (Fsp3) is 0.923. The lowest BCUT2D eigenvalue weighted by Crippen LogP contribution is -1.98. The van der Waals surface area contributed by atoms with Crippen LogP contribution in [-0.4, -0.2) is 13.2 Å². The van der Waals surface area contributed by atoms with Crippen LogP contribution in [0.1, 0.15) is 136 Å². The van der Waals surface area contributed by atoms with Crippen LogP contribution in [0.25, 0.3) is 0 Å². The Balaban J connectivity index is 3.10. The second-order valence-corrected chi connectivity index (χ2v) is 8.60. The van der Waals surface area contributed by atoms with E-state index in [2.05, 4.69) is 32.9 Å². The lowest BCUT2D eigenvalue weighted by Gasteiger charge is -2.11. The van der Waals surface area contributed by atoms with Crippen LogP contribution in [0, 0.1) is 5.92 Å². The van der Waals surface area contributed by atoms with E-state index in [0.717, 1.165) is 19.1 Å². The average Bonchev–Trinajstić information content (AvgIpc) is 2.67. The van der Waals surface area contributed by atoms with E-state index in [-0.39, 0.29) is 0 Å². The van der Waals surface area contributed by atoms with Crippen molar-refractivity contribution in [2.75, 3.05) is 13.2 Å². The van der Waals surface area contributed by atoms with Crippen LogP contribution >= 0.6 is 0 Å². The quantitative estimate of drug-likeness (QED) is 0.134. The van der Waals surface area contributed by atoms with Crippen molar-refractivity contribution < 1.29 is 4.74 Å². The topological polar surface area (TPSA) is 9.23 Å². The van der Waals surface area contributed by atoms with E-state index >= 15 is 0 Å². The predicted molar refractivity (Wildman–Crippen MR) is 124 cm³/mol. The Kier molecular flexibility index (Phi) is 23.5. The number of hydrogen-bond acceptors (Lipinski definition) is 1. The average molecular weight is 381 g/mol. The molecule has 1 nitrogen and oxygen atoms in total. The fourth-order valence-electron chi connectivity index (χ4n) is 3.73. The summed E-state index contributed by atoms with van der Waals surface area (Å²) < 4.78 is 5.80. The van der Waals surface area contributed by atoms with Gasteiger partial charge in [0.25, 0.3) is 0 Å². The summed E-state index contributed by atoms with van der Waals surface area (Å²) in [6.45, 7) is 8.82. The molecule has 0 spiro atoms. The van der Waals surface area contributed by atoms with E-state index in [9.17, 15) is 0 Å². The third-order valence-electron chi connectivity index (χ3n) is 5.68. The highest BCUT2D eigenvalue weighted by Crippen LogP contribution is 2.17.